The number of anilines is 2. The number of carbonyl (C=O) groups excluding carboxylic acids is 3. The summed E-state index contributed by atoms with van der Waals surface area (Å²) in [4.78, 5) is 35.2. The molecule has 0 aliphatic heterocycles. The van der Waals surface area contributed by atoms with Gasteiger partial charge >= 0.3 is 18.0 Å². The van der Waals surface area contributed by atoms with Crippen LogP contribution < -0.4 is 16.0 Å². The Hall–Kier alpha value is -3.03. The zero-order valence-corrected chi connectivity index (χ0v) is 15.5. The summed E-state index contributed by atoms with van der Waals surface area (Å²) >= 11 is 0. The van der Waals surface area contributed by atoms with Crippen molar-refractivity contribution >= 4 is 29.3 Å². The van der Waals surface area contributed by atoms with Crippen LogP contribution >= 0.6 is 0 Å². The molecule has 1 saturated carbocycles. The smallest absolute Gasteiger partial charge is 0.354 e. The zero-order chi connectivity index (χ0) is 19.6. The highest BCUT2D eigenvalue weighted by Gasteiger charge is 2.16. The normalized spacial score (nSPS) is 14.8. The Morgan fingerprint density at radius 1 is 0.926 bits per heavy atom. The number of methoxy groups -OCH3 is 2. The molecule has 2 amide bonds. The number of urea groups is 1. The van der Waals surface area contributed by atoms with Crippen molar-refractivity contribution < 1.29 is 23.9 Å². The molecule has 2 rings (SSSR count). The molecule has 0 unspecified atom stereocenters. The van der Waals surface area contributed by atoms with Crippen molar-refractivity contribution in [3.05, 3.63) is 36.0 Å². The Balaban J connectivity index is 1.94. The second kappa shape index (κ2) is 10.2. The third kappa shape index (κ3) is 6.65. The summed E-state index contributed by atoms with van der Waals surface area (Å²) in [6.07, 6.45) is 6.56. The van der Waals surface area contributed by atoms with E-state index in [1.807, 2.05) is 0 Å². The maximum Gasteiger partial charge on any atom is 0.354 e. The van der Waals surface area contributed by atoms with Gasteiger partial charge in [0.2, 0.25) is 0 Å². The van der Waals surface area contributed by atoms with Gasteiger partial charge in [-0.05, 0) is 37.1 Å². The summed E-state index contributed by atoms with van der Waals surface area (Å²) in [5.41, 5.74) is 1.11. The van der Waals surface area contributed by atoms with Crippen molar-refractivity contribution in [3.63, 3.8) is 0 Å². The predicted octanol–water partition coefficient (Wildman–Crippen LogP) is 2.78. The number of hydrogen-bond acceptors (Lipinski definition) is 6. The van der Waals surface area contributed by atoms with Crippen LogP contribution in [0.4, 0.5) is 16.2 Å². The topological polar surface area (TPSA) is 106 Å². The first-order valence-electron chi connectivity index (χ1n) is 8.84. The molecule has 0 atom stereocenters. The summed E-state index contributed by atoms with van der Waals surface area (Å²) < 4.78 is 9.16. The lowest BCUT2D eigenvalue weighted by Crippen LogP contribution is -2.38. The van der Waals surface area contributed by atoms with Crippen LogP contribution in [-0.2, 0) is 19.1 Å². The monoisotopic (exact) mass is 375 g/mol. The zero-order valence-electron chi connectivity index (χ0n) is 15.5. The fraction of sp³-hybridized carbons (Fsp3) is 0.421. The standard InChI is InChI=1S/C19H25N3O5/c1-26-17(23)12-16(18(24)27-2)20-14-8-10-15(11-9-14)22-19(25)21-13-6-4-3-5-7-13/h8-13,20H,3-7H2,1-2H3,(H2,21,22,25)/b16-12+. The van der Waals surface area contributed by atoms with E-state index in [1.165, 1.54) is 20.6 Å². The molecule has 0 bridgehead atoms. The van der Waals surface area contributed by atoms with Crippen LogP contribution in [0.5, 0.6) is 0 Å². The summed E-state index contributed by atoms with van der Waals surface area (Å²) in [7, 11) is 2.43. The molecule has 8 nitrogen and oxygen atoms in total. The summed E-state index contributed by atoms with van der Waals surface area (Å²) in [5, 5.41) is 8.56. The van der Waals surface area contributed by atoms with E-state index in [2.05, 4.69) is 25.4 Å². The molecule has 146 valence electrons. The second-order valence-electron chi connectivity index (χ2n) is 6.21. The average Bonchev–Trinajstić information content (AvgIpc) is 2.68. The van der Waals surface area contributed by atoms with E-state index in [-0.39, 0.29) is 17.8 Å². The van der Waals surface area contributed by atoms with Gasteiger partial charge in [-0.25, -0.2) is 14.4 Å². The van der Waals surface area contributed by atoms with Crippen LogP contribution in [0.3, 0.4) is 0 Å². The first kappa shape index (κ1) is 20.3. The molecule has 0 aromatic heterocycles. The molecular formula is C19H25N3O5. The number of amides is 2. The van der Waals surface area contributed by atoms with Crippen LogP contribution in [0, 0.1) is 0 Å². The number of ether oxygens (including phenoxy) is 2. The molecule has 27 heavy (non-hydrogen) atoms. The molecule has 1 aromatic rings. The van der Waals surface area contributed by atoms with Crippen molar-refractivity contribution in [2.45, 2.75) is 38.1 Å². The highest BCUT2D eigenvalue weighted by molar-refractivity contribution is 5.98. The minimum absolute atomic E-state index is 0.0555. The Morgan fingerprint density at radius 2 is 1.52 bits per heavy atom. The average molecular weight is 375 g/mol. The van der Waals surface area contributed by atoms with E-state index in [4.69, 9.17) is 0 Å². The largest absolute Gasteiger partial charge is 0.466 e. The van der Waals surface area contributed by atoms with E-state index in [0.717, 1.165) is 31.8 Å². The minimum Gasteiger partial charge on any atom is -0.466 e. The van der Waals surface area contributed by atoms with Gasteiger partial charge in [0, 0.05) is 17.4 Å². The van der Waals surface area contributed by atoms with Crippen LogP contribution in [0.1, 0.15) is 32.1 Å². The number of carbonyl (C=O) groups is 3. The van der Waals surface area contributed by atoms with Crippen molar-refractivity contribution in [2.24, 2.45) is 0 Å². The number of hydrogen-bond donors (Lipinski definition) is 3. The van der Waals surface area contributed by atoms with Crippen LogP contribution in [0.15, 0.2) is 36.0 Å². The molecule has 0 radical (unpaired) electrons. The molecule has 8 heteroatoms. The fourth-order valence-electron chi connectivity index (χ4n) is 2.82. The molecule has 1 aliphatic rings. The first-order chi connectivity index (χ1) is 13.0. The van der Waals surface area contributed by atoms with Crippen LogP contribution in [-0.4, -0.2) is 38.2 Å². The molecule has 0 heterocycles. The Labute approximate surface area is 158 Å². The Morgan fingerprint density at radius 3 is 2.07 bits per heavy atom. The van der Waals surface area contributed by atoms with Gasteiger partial charge in [-0.1, -0.05) is 19.3 Å². The molecular weight excluding hydrogens is 350 g/mol. The van der Waals surface area contributed by atoms with Gasteiger partial charge in [-0.15, -0.1) is 0 Å². The number of benzene rings is 1. The molecule has 3 N–H and O–H groups in total. The molecule has 0 saturated heterocycles. The lowest BCUT2D eigenvalue weighted by molar-refractivity contribution is -0.138. The maximum atomic E-state index is 12.1. The SMILES string of the molecule is COC(=O)/C=C(/Nc1ccc(NC(=O)NC2CCCCC2)cc1)C(=O)OC. The highest BCUT2D eigenvalue weighted by atomic mass is 16.5. The third-order valence-electron chi connectivity index (χ3n) is 4.23. The van der Waals surface area contributed by atoms with Gasteiger partial charge in [0.25, 0.3) is 0 Å². The molecule has 1 fully saturated rings. The lowest BCUT2D eigenvalue weighted by Gasteiger charge is -2.22. The molecule has 1 aromatic carbocycles. The Kier molecular flexibility index (Phi) is 7.66. The van der Waals surface area contributed by atoms with Crippen molar-refractivity contribution in [3.8, 4) is 0 Å². The van der Waals surface area contributed by atoms with Gasteiger partial charge in [-0.3, -0.25) is 0 Å². The van der Waals surface area contributed by atoms with Crippen LogP contribution in [0.2, 0.25) is 0 Å². The quantitative estimate of drug-likeness (QED) is 0.521. The predicted molar refractivity (Wildman–Crippen MR) is 101 cm³/mol. The van der Waals surface area contributed by atoms with E-state index >= 15 is 0 Å². The van der Waals surface area contributed by atoms with Gasteiger partial charge in [-0.2, -0.15) is 0 Å². The van der Waals surface area contributed by atoms with E-state index in [1.54, 1.807) is 24.3 Å². The molecule has 1 aliphatic carbocycles. The van der Waals surface area contributed by atoms with Crippen LogP contribution in [0.25, 0.3) is 0 Å². The van der Waals surface area contributed by atoms with E-state index < -0.39 is 11.9 Å². The number of esters is 2. The van der Waals surface area contributed by atoms with Gasteiger partial charge in [0.05, 0.1) is 20.3 Å². The number of nitrogens with one attached hydrogen (secondary N) is 3. The van der Waals surface area contributed by atoms with Gasteiger partial charge in [0.15, 0.2) is 0 Å². The van der Waals surface area contributed by atoms with Crippen molar-refractivity contribution in [1.82, 2.24) is 5.32 Å². The first-order valence-corrected chi connectivity index (χ1v) is 8.84. The van der Waals surface area contributed by atoms with Crippen molar-refractivity contribution in [1.29, 1.82) is 0 Å². The van der Waals surface area contributed by atoms with E-state index in [0.29, 0.717) is 11.4 Å². The van der Waals surface area contributed by atoms with E-state index in [9.17, 15) is 14.4 Å². The lowest BCUT2D eigenvalue weighted by atomic mass is 9.96. The van der Waals surface area contributed by atoms with Crippen molar-refractivity contribution in [2.75, 3.05) is 24.9 Å². The second-order valence-corrected chi connectivity index (χ2v) is 6.21. The fourth-order valence-corrected chi connectivity index (χ4v) is 2.82. The maximum absolute atomic E-state index is 12.1. The summed E-state index contributed by atoms with van der Waals surface area (Å²) in [6.45, 7) is 0. The summed E-state index contributed by atoms with van der Waals surface area (Å²) in [5.74, 6) is -1.38. The summed E-state index contributed by atoms with van der Waals surface area (Å²) in [6, 6.07) is 6.72. The van der Waals surface area contributed by atoms with Gasteiger partial charge < -0.3 is 25.4 Å². The third-order valence-corrected chi connectivity index (χ3v) is 4.23. The number of rotatable bonds is 6. The Bertz CT molecular complexity index is 694. The van der Waals surface area contributed by atoms with Gasteiger partial charge in [0.1, 0.15) is 5.70 Å². The molecule has 0 spiro atoms. The highest BCUT2D eigenvalue weighted by Crippen LogP contribution is 2.18. The minimum atomic E-state index is -0.700.